The monoisotopic (exact) mass is 193 g/mol. The molecule has 0 aromatic rings. The summed E-state index contributed by atoms with van der Waals surface area (Å²) in [5.74, 6) is -0.289. The lowest BCUT2D eigenvalue weighted by Gasteiger charge is -2.25. The Balaban J connectivity index is 2.12. The Bertz CT molecular complexity index is 290. The summed E-state index contributed by atoms with van der Waals surface area (Å²) < 4.78 is 0. The van der Waals surface area contributed by atoms with E-state index >= 15 is 0 Å². The number of hydrogen-bond acceptors (Lipinski definition) is 2. The van der Waals surface area contributed by atoms with E-state index in [2.05, 4.69) is 11.9 Å². The number of rotatable bonds is 1. The minimum Gasteiger partial charge on any atom is -0.292 e. The molecule has 2 fully saturated rings. The predicted octanol–water partition coefficient (Wildman–Crippen LogP) is 1.40. The smallest absolute Gasteiger partial charge is 0.254 e. The highest BCUT2D eigenvalue weighted by Crippen LogP contribution is 2.35. The lowest BCUT2D eigenvalue weighted by molar-refractivity contribution is -0.126. The van der Waals surface area contributed by atoms with Crippen LogP contribution in [-0.2, 0) is 9.59 Å². The van der Waals surface area contributed by atoms with Gasteiger partial charge in [-0.15, -0.1) is 0 Å². The third kappa shape index (κ3) is 1.47. The molecule has 0 spiro atoms. The van der Waals surface area contributed by atoms with Gasteiger partial charge in [0.05, 0.1) is 5.92 Å². The van der Waals surface area contributed by atoms with Crippen molar-refractivity contribution in [2.45, 2.75) is 32.1 Å². The molecule has 1 atom stereocenters. The Kier molecular flexibility index (Phi) is 2.40. The highest BCUT2D eigenvalue weighted by molar-refractivity contribution is 6.14. The van der Waals surface area contributed by atoms with E-state index in [4.69, 9.17) is 0 Å². The summed E-state index contributed by atoms with van der Waals surface area (Å²) in [5, 5.41) is 2.34. The summed E-state index contributed by atoms with van der Waals surface area (Å²) >= 11 is 0. The van der Waals surface area contributed by atoms with Gasteiger partial charge in [0.1, 0.15) is 0 Å². The van der Waals surface area contributed by atoms with Crippen molar-refractivity contribution in [3.05, 3.63) is 12.2 Å². The van der Waals surface area contributed by atoms with Gasteiger partial charge in [-0.25, -0.2) is 0 Å². The molecule has 0 radical (unpaired) electrons. The maximum absolute atomic E-state index is 11.5. The molecule has 76 valence electrons. The Morgan fingerprint density at radius 3 is 2.29 bits per heavy atom. The van der Waals surface area contributed by atoms with E-state index in [1.807, 2.05) is 0 Å². The molecule has 3 nitrogen and oxygen atoms in total. The predicted molar refractivity (Wildman–Crippen MR) is 52.4 cm³/mol. The molecule has 1 heterocycles. The molecule has 0 aromatic heterocycles. The molecule has 0 aromatic carbocycles. The van der Waals surface area contributed by atoms with Gasteiger partial charge >= 0.3 is 0 Å². The van der Waals surface area contributed by atoms with E-state index in [9.17, 15) is 9.59 Å². The summed E-state index contributed by atoms with van der Waals surface area (Å²) in [7, 11) is 0. The highest BCUT2D eigenvalue weighted by Gasteiger charge is 2.40. The zero-order valence-electron chi connectivity index (χ0n) is 8.21. The van der Waals surface area contributed by atoms with E-state index in [1.165, 1.54) is 19.3 Å². The van der Waals surface area contributed by atoms with Crippen molar-refractivity contribution in [3.8, 4) is 0 Å². The van der Waals surface area contributed by atoms with Gasteiger partial charge in [0.15, 0.2) is 0 Å². The van der Waals surface area contributed by atoms with Gasteiger partial charge in [-0.05, 0) is 18.8 Å². The van der Waals surface area contributed by atoms with Gasteiger partial charge < -0.3 is 0 Å². The van der Waals surface area contributed by atoms with Crippen LogP contribution >= 0.6 is 0 Å². The zero-order chi connectivity index (χ0) is 10.1. The topological polar surface area (TPSA) is 46.2 Å². The van der Waals surface area contributed by atoms with Crippen LogP contribution in [0.2, 0.25) is 0 Å². The van der Waals surface area contributed by atoms with E-state index in [0.717, 1.165) is 12.8 Å². The maximum Gasteiger partial charge on any atom is 0.254 e. The molecule has 2 amide bonds. The summed E-state index contributed by atoms with van der Waals surface area (Å²) in [4.78, 5) is 22.7. The molecule has 1 aliphatic carbocycles. The van der Waals surface area contributed by atoms with Crippen LogP contribution in [0.5, 0.6) is 0 Å². The van der Waals surface area contributed by atoms with Crippen LogP contribution < -0.4 is 5.32 Å². The lowest BCUT2D eigenvalue weighted by Crippen LogP contribution is -2.27. The largest absolute Gasteiger partial charge is 0.292 e. The number of carbonyl (C=O) groups is 2. The van der Waals surface area contributed by atoms with Crippen molar-refractivity contribution >= 4 is 11.8 Å². The first-order chi connectivity index (χ1) is 6.70. The van der Waals surface area contributed by atoms with E-state index in [1.54, 1.807) is 0 Å². The van der Waals surface area contributed by atoms with E-state index in [-0.39, 0.29) is 17.7 Å². The van der Waals surface area contributed by atoms with Gasteiger partial charge in [0.25, 0.3) is 5.91 Å². The molecular formula is C11H15NO2. The van der Waals surface area contributed by atoms with Crippen LogP contribution in [0, 0.1) is 11.8 Å². The van der Waals surface area contributed by atoms with Crippen LogP contribution in [0.1, 0.15) is 32.1 Å². The first-order valence-corrected chi connectivity index (χ1v) is 5.24. The molecule has 1 saturated carbocycles. The molecule has 2 rings (SSSR count). The average Bonchev–Trinajstić information content (AvgIpc) is 2.43. The van der Waals surface area contributed by atoms with Gasteiger partial charge in [-0.2, -0.15) is 0 Å². The summed E-state index contributed by atoms with van der Waals surface area (Å²) in [6, 6.07) is 0. The van der Waals surface area contributed by atoms with Gasteiger partial charge in [0.2, 0.25) is 5.91 Å². The SMILES string of the molecule is C=C1C(=O)NC(=O)C1C1CCCCC1. The minimum atomic E-state index is -0.273. The number of hydrogen-bond donors (Lipinski definition) is 1. The van der Waals surface area contributed by atoms with Gasteiger partial charge in [0, 0.05) is 5.57 Å². The third-order valence-corrected chi connectivity index (χ3v) is 3.31. The third-order valence-electron chi connectivity index (χ3n) is 3.31. The molecule has 1 N–H and O–H groups in total. The number of carbonyl (C=O) groups excluding carboxylic acids is 2. The standard InChI is InChI=1S/C11H15NO2/c1-7-9(11(14)12-10(7)13)8-5-3-2-4-6-8/h8-9H,1-6H2,(H,12,13,14). The summed E-state index contributed by atoms with van der Waals surface area (Å²) in [5.41, 5.74) is 0.474. The van der Waals surface area contributed by atoms with Crippen molar-refractivity contribution in [1.29, 1.82) is 0 Å². The first-order valence-electron chi connectivity index (χ1n) is 5.24. The van der Waals surface area contributed by atoms with Crippen LogP contribution in [0.3, 0.4) is 0 Å². The number of imide groups is 1. The fraction of sp³-hybridized carbons (Fsp3) is 0.636. The van der Waals surface area contributed by atoms with E-state index < -0.39 is 0 Å². The molecule has 1 aliphatic heterocycles. The van der Waals surface area contributed by atoms with Crippen LogP contribution in [0.15, 0.2) is 12.2 Å². The summed E-state index contributed by atoms with van der Waals surface area (Å²) in [6.45, 7) is 3.71. The molecule has 14 heavy (non-hydrogen) atoms. The Morgan fingerprint density at radius 1 is 1.14 bits per heavy atom. The normalized spacial score (nSPS) is 29.4. The van der Waals surface area contributed by atoms with Crippen LogP contribution in [0.4, 0.5) is 0 Å². The number of amides is 2. The second-order valence-electron chi connectivity index (χ2n) is 4.22. The fourth-order valence-electron chi connectivity index (χ4n) is 2.54. The first kappa shape index (κ1) is 9.44. The van der Waals surface area contributed by atoms with Gasteiger partial charge in [-0.3, -0.25) is 14.9 Å². The molecule has 2 aliphatic rings. The van der Waals surface area contributed by atoms with Crippen molar-refractivity contribution in [2.75, 3.05) is 0 Å². The van der Waals surface area contributed by atoms with Crippen molar-refractivity contribution < 1.29 is 9.59 Å². The number of nitrogens with one attached hydrogen (secondary N) is 1. The highest BCUT2D eigenvalue weighted by atomic mass is 16.2. The second kappa shape index (κ2) is 3.56. The van der Waals surface area contributed by atoms with Crippen LogP contribution in [-0.4, -0.2) is 11.8 Å². The Morgan fingerprint density at radius 2 is 1.79 bits per heavy atom. The van der Waals surface area contributed by atoms with Crippen molar-refractivity contribution in [2.24, 2.45) is 11.8 Å². The maximum atomic E-state index is 11.5. The second-order valence-corrected chi connectivity index (χ2v) is 4.22. The zero-order valence-corrected chi connectivity index (χ0v) is 8.21. The molecule has 1 saturated heterocycles. The minimum absolute atomic E-state index is 0.133. The Hall–Kier alpha value is -1.12. The quantitative estimate of drug-likeness (QED) is 0.505. The fourth-order valence-corrected chi connectivity index (χ4v) is 2.54. The van der Waals surface area contributed by atoms with Crippen molar-refractivity contribution in [1.82, 2.24) is 5.32 Å². The van der Waals surface area contributed by atoms with Crippen molar-refractivity contribution in [3.63, 3.8) is 0 Å². The average molecular weight is 193 g/mol. The Labute approximate surface area is 83.6 Å². The van der Waals surface area contributed by atoms with Gasteiger partial charge in [-0.1, -0.05) is 25.8 Å². The lowest BCUT2D eigenvalue weighted by atomic mass is 9.78. The molecule has 0 bridgehead atoms. The molecule has 1 unspecified atom stereocenters. The molecular weight excluding hydrogens is 178 g/mol. The summed E-state index contributed by atoms with van der Waals surface area (Å²) in [6.07, 6.45) is 5.73. The van der Waals surface area contributed by atoms with Crippen LogP contribution in [0.25, 0.3) is 0 Å². The van der Waals surface area contributed by atoms with E-state index in [0.29, 0.717) is 11.5 Å². The molecule has 3 heteroatoms.